The van der Waals surface area contributed by atoms with Gasteiger partial charge in [-0.15, -0.1) is 0 Å². The molecule has 0 bridgehead atoms. The van der Waals surface area contributed by atoms with E-state index in [2.05, 4.69) is 5.32 Å². The SMILES string of the molecule is NC1CCN(C(=O)C2CCNCC2)CC1. The highest BCUT2D eigenvalue weighted by Gasteiger charge is 2.27. The van der Waals surface area contributed by atoms with Crippen LogP contribution in [0.25, 0.3) is 0 Å². The highest BCUT2D eigenvalue weighted by molar-refractivity contribution is 5.79. The molecule has 4 nitrogen and oxygen atoms in total. The second-order valence-corrected chi connectivity index (χ2v) is 4.69. The molecular formula is C11H21N3O. The number of amides is 1. The van der Waals surface area contributed by atoms with Gasteiger partial charge < -0.3 is 16.0 Å². The van der Waals surface area contributed by atoms with E-state index in [0.717, 1.165) is 51.9 Å². The lowest BCUT2D eigenvalue weighted by atomic mass is 9.95. The van der Waals surface area contributed by atoms with Gasteiger partial charge in [0.1, 0.15) is 0 Å². The van der Waals surface area contributed by atoms with Gasteiger partial charge in [-0.1, -0.05) is 0 Å². The first-order chi connectivity index (χ1) is 7.27. The third-order valence-corrected chi connectivity index (χ3v) is 3.54. The molecule has 2 aliphatic heterocycles. The number of rotatable bonds is 1. The van der Waals surface area contributed by atoms with Crippen molar-refractivity contribution in [1.82, 2.24) is 10.2 Å². The summed E-state index contributed by atoms with van der Waals surface area (Å²) in [7, 11) is 0. The molecule has 86 valence electrons. The standard InChI is InChI=1S/C11H21N3O/c12-10-3-7-14(8-4-10)11(15)9-1-5-13-6-2-9/h9-10,13H,1-8,12H2. The smallest absolute Gasteiger partial charge is 0.225 e. The van der Waals surface area contributed by atoms with Crippen LogP contribution >= 0.6 is 0 Å². The summed E-state index contributed by atoms with van der Waals surface area (Å²) in [5.41, 5.74) is 5.83. The fraction of sp³-hybridized carbons (Fsp3) is 0.909. The van der Waals surface area contributed by atoms with Gasteiger partial charge in [-0.2, -0.15) is 0 Å². The lowest BCUT2D eigenvalue weighted by Crippen LogP contribution is -2.47. The third kappa shape index (κ3) is 2.69. The number of hydrogen-bond acceptors (Lipinski definition) is 3. The van der Waals surface area contributed by atoms with Gasteiger partial charge in [-0.05, 0) is 38.8 Å². The zero-order valence-electron chi connectivity index (χ0n) is 9.24. The summed E-state index contributed by atoms with van der Waals surface area (Å²) in [5, 5.41) is 3.29. The van der Waals surface area contributed by atoms with Crippen molar-refractivity contribution < 1.29 is 4.79 Å². The molecule has 0 saturated carbocycles. The molecule has 0 unspecified atom stereocenters. The largest absolute Gasteiger partial charge is 0.342 e. The zero-order valence-corrected chi connectivity index (χ0v) is 9.24. The van der Waals surface area contributed by atoms with Crippen LogP contribution in [0.3, 0.4) is 0 Å². The summed E-state index contributed by atoms with van der Waals surface area (Å²) in [6.45, 7) is 3.71. The van der Waals surface area contributed by atoms with Crippen molar-refractivity contribution in [3.63, 3.8) is 0 Å². The molecule has 2 heterocycles. The van der Waals surface area contributed by atoms with Gasteiger partial charge in [-0.3, -0.25) is 4.79 Å². The Balaban J connectivity index is 1.84. The van der Waals surface area contributed by atoms with Crippen LogP contribution in [0.5, 0.6) is 0 Å². The number of hydrogen-bond donors (Lipinski definition) is 2. The minimum atomic E-state index is 0.264. The quantitative estimate of drug-likeness (QED) is 0.638. The van der Waals surface area contributed by atoms with Crippen LogP contribution in [0.1, 0.15) is 25.7 Å². The molecule has 2 saturated heterocycles. The van der Waals surface area contributed by atoms with E-state index in [-0.39, 0.29) is 5.92 Å². The summed E-state index contributed by atoms with van der Waals surface area (Å²) in [6, 6.07) is 0.307. The lowest BCUT2D eigenvalue weighted by molar-refractivity contribution is -0.137. The van der Waals surface area contributed by atoms with Crippen LogP contribution in [-0.2, 0) is 4.79 Å². The van der Waals surface area contributed by atoms with Gasteiger partial charge in [0, 0.05) is 25.0 Å². The molecule has 0 aromatic rings. The van der Waals surface area contributed by atoms with Gasteiger partial charge in [-0.25, -0.2) is 0 Å². The minimum absolute atomic E-state index is 0.264. The van der Waals surface area contributed by atoms with Crippen molar-refractivity contribution in [3.05, 3.63) is 0 Å². The Hall–Kier alpha value is -0.610. The monoisotopic (exact) mass is 211 g/mol. The number of piperidine rings is 2. The van der Waals surface area contributed by atoms with Crippen LogP contribution in [0.4, 0.5) is 0 Å². The molecule has 3 N–H and O–H groups in total. The maximum atomic E-state index is 12.1. The molecule has 0 aliphatic carbocycles. The predicted molar refractivity (Wildman–Crippen MR) is 59.4 cm³/mol. The third-order valence-electron chi connectivity index (χ3n) is 3.54. The Kier molecular flexibility index (Phi) is 3.59. The molecule has 0 aromatic heterocycles. The van der Waals surface area contributed by atoms with Gasteiger partial charge in [0.05, 0.1) is 0 Å². The van der Waals surface area contributed by atoms with Gasteiger partial charge in [0.2, 0.25) is 5.91 Å². The number of nitrogens with zero attached hydrogens (tertiary/aromatic N) is 1. The molecule has 0 spiro atoms. The second kappa shape index (κ2) is 4.94. The number of nitrogens with two attached hydrogens (primary N) is 1. The zero-order chi connectivity index (χ0) is 10.7. The van der Waals surface area contributed by atoms with Crippen LogP contribution in [0, 0.1) is 5.92 Å². The van der Waals surface area contributed by atoms with Crippen molar-refractivity contribution in [3.8, 4) is 0 Å². The normalized spacial score (nSPS) is 25.5. The summed E-state index contributed by atoms with van der Waals surface area (Å²) in [4.78, 5) is 14.1. The fourth-order valence-corrected chi connectivity index (χ4v) is 2.45. The topological polar surface area (TPSA) is 58.4 Å². The molecular weight excluding hydrogens is 190 g/mol. The molecule has 0 atom stereocenters. The van der Waals surface area contributed by atoms with E-state index < -0.39 is 0 Å². The number of likely N-dealkylation sites (tertiary alicyclic amines) is 1. The Bertz CT molecular complexity index is 218. The summed E-state index contributed by atoms with van der Waals surface area (Å²) < 4.78 is 0. The maximum absolute atomic E-state index is 12.1. The van der Waals surface area contributed by atoms with E-state index in [1.54, 1.807) is 0 Å². The first-order valence-electron chi connectivity index (χ1n) is 6.02. The van der Waals surface area contributed by atoms with Crippen molar-refractivity contribution in [2.24, 2.45) is 11.7 Å². The van der Waals surface area contributed by atoms with E-state index in [9.17, 15) is 4.79 Å². The van der Waals surface area contributed by atoms with E-state index in [1.807, 2.05) is 4.90 Å². The number of carbonyl (C=O) groups is 1. The summed E-state index contributed by atoms with van der Waals surface area (Å²) in [6.07, 6.45) is 3.94. The van der Waals surface area contributed by atoms with E-state index >= 15 is 0 Å². The predicted octanol–water partition coefficient (Wildman–Crippen LogP) is -0.0643. The minimum Gasteiger partial charge on any atom is -0.342 e. The number of carbonyl (C=O) groups excluding carboxylic acids is 1. The van der Waals surface area contributed by atoms with Gasteiger partial charge >= 0.3 is 0 Å². The average Bonchev–Trinajstić information content (AvgIpc) is 2.30. The molecule has 0 radical (unpaired) electrons. The molecule has 0 aromatic carbocycles. The molecule has 2 rings (SSSR count). The first kappa shape index (κ1) is 10.9. The lowest BCUT2D eigenvalue weighted by Gasteiger charge is -2.34. The second-order valence-electron chi connectivity index (χ2n) is 4.69. The fourth-order valence-electron chi connectivity index (χ4n) is 2.45. The molecule has 2 aliphatic rings. The van der Waals surface area contributed by atoms with Crippen molar-refractivity contribution in [1.29, 1.82) is 0 Å². The van der Waals surface area contributed by atoms with Gasteiger partial charge in [0.25, 0.3) is 0 Å². The van der Waals surface area contributed by atoms with Crippen molar-refractivity contribution in [2.45, 2.75) is 31.7 Å². The maximum Gasteiger partial charge on any atom is 0.225 e. The molecule has 4 heteroatoms. The summed E-state index contributed by atoms with van der Waals surface area (Å²) in [5.74, 6) is 0.629. The van der Waals surface area contributed by atoms with Crippen LogP contribution in [0.2, 0.25) is 0 Å². The average molecular weight is 211 g/mol. The van der Waals surface area contributed by atoms with Crippen LogP contribution in [-0.4, -0.2) is 43.0 Å². The number of nitrogens with one attached hydrogen (secondary N) is 1. The van der Waals surface area contributed by atoms with Crippen LogP contribution in [0.15, 0.2) is 0 Å². The Morgan fingerprint density at radius 3 is 2.33 bits per heavy atom. The highest BCUT2D eigenvalue weighted by atomic mass is 16.2. The molecule has 2 fully saturated rings. The Labute approximate surface area is 91.2 Å². The molecule has 15 heavy (non-hydrogen) atoms. The summed E-state index contributed by atoms with van der Waals surface area (Å²) >= 11 is 0. The van der Waals surface area contributed by atoms with Crippen molar-refractivity contribution >= 4 is 5.91 Å². The highest BCUT2D eigenvalue weighted by Crippen LogP contribution is 2.18. The van der Waals surface area contributed by atoms with E-state index in [0.29, 0.717) is 11.9 Å². The van der Waals surface area contributed by atoms with Crippen LogP contribution < -0.4 is 11.1 Å². The van der Waals surface area contributed by atoms with E-state index in [4.69, 9.17) is 5.73 Å². The Morgan fingerprint density at radius 1 is 1.13 bits per heavy atom. The molecule has 1 amide bonds. The first-order valence-corrected chi connectivity index (χ1v) is 6.02. The van der Waals surface area contributed by atoms with E-state index in [1.165, 1.54) is 0 Å². The Morgan fingerprint density at radius 2 is 1.73 bits per heavy atom. The van der Waals surface area contributed by atoms with Crippen molar-refractivity contribution in [2.75, 3.05) is 26.2 Å². The van der Waals surface area contributed by atoms with Gasteiger partial charge in [0.15, 0.2) is 0 Å².